The van der Waals surface area contributed by atoms with E-state index < -0.39 is 23.9 Å². The van der Waals surface area contributed by atoms with Crippen LogP contribution in [0.5, 0.6) is 5.75 Å². The van der Waals surface area contributed by atoms with E-state index in [2.05, 4.69) is 15.2 Å². The summed E-state index contributed by atoms with van der Waals surface area (Å²) in [6.45, 7) is -1.47. The second kappa shape index (κ2) is 9.51. The zero-order valence-corrected chi connectivity index (χ0v) is 19.5. The third-order valence-electron chi connectivity index (χ3n) is 5.13. The molecule has 0 spiro atoms. The molecule has 0 aliphatic heterocycles. The fourth-order valence-corrected chi connectivity index (χ4v) is 3.88. The summed E-state index contributed by atoms with van der Waals surface area (Å²) < 4.78 is 51.0. The first-order chi connectivity index (χ1) is 16.6. The lowest BCUT2D eigenvalue weighted by Crippen LogP contribution is -2.23. The predicted octanol–water partition coefficient (Wildman–Crippen LogP) is 5.44. The van der Waals surface area contributed by atoms with Crippen LogP contribution in [0, 0.1) is 12.7 Å². The van der Waals surface area contributed by atoms with E-state index in [0.29, 0.717) is 5.69 Å². The van der Waals surface area contributed by atoms with Crippen LogP contribution in [0.3, 0.4) is 0 Å². The van der Waals surface area contributed by atoms with E-state index in [1.807, 2.05) is 0 Å². The highest BCUT2D eigenvalue weighted by Gasteiger charge is 2.26. The van der Waals surface area contributed by atoms with E-state index in [1.165, 1.54) is 42.1 Å². The number of nitrogens with zero attached hydrogens (tertiary/aromatic N) is 3. The molecule has 4 aromatic rings. The minimum Gasteiger partial charge on any atom is -0.435 e. The highest BCUT2D eigenvalue weighted by atomic mass is 35.5. The Morgan fingerprint density at radius 1 is 1.20 bits per heavy atom. The Morgan fingerprint density at radius 3 is 2.57 bits per heavy atom. The molecule has 1 amide bonds. The molecule has 0 bridgehead atoms. The highest BCUT2D eigenvalue weighted by molar-refractivity contribution is 6.38. The smallest absolute Gasteiger partial charge is 0.387 e. The van der Waals surface area contributed by atoms with Crippen LogP contribution in [-0.4, -0.2) is 27.0 Å². The molecule has 2 aromatic carbocycles. The van der Waals surface area contributed by atoms with Gasteiger partial charge in [-0.25, -0.2) is 9.07 Å². The van der Waals surface area contributed by atoms with Crippen LogP contribution in [0.1, 0.15) is 16.2 Å². The molecule has 2 heterocycles. The maximum absolute atomic E-state index is 14.3. The second-order valence-corrected chi connectivity index (χ2v) is 7.99. The van der Waals surface area contributed by atoms with Gasteiger partial charge in [-0.2, -0.15) is 8.78 Å². The molecule has 0 radical (unpaired) electrons. The normalized spacial score (nSPS) is 11.2. The van der Waals surface area contributed by atoms with E-state index in [1.54, 1.807) is 13.0 Å². The van der Waals surface area contributed by atoms with Gasteiger partial charge < -0.3 is 14.6 Å². The zero-order chi connectivity index (χ0) is 25.4. The van der Waals surface area contributed by atoms with Crippen molar-refractivity contribution in [1.29, 1.82) is 0 Å². The van der Waals surface area contributed by atoms with Gasteiger partial charge in [0.25, 0.3) is 11.5 Å². The molecule has 0 atom stereocenters. The number of halogens is 5. The number of benzene rings is 2. The lowest BCUT2D eigenvalue weighted by molar-refractivity contribution is -0.0498. The Balaban J connectivity index is 1.65. The molecule has 35 heavy (non-hydrogen) atoms. The van der Waals surface area contributed by atoms with Crippen molar-refractivity contribution in [2.45, 2.75) is 13.5 Å². The SMILES string of the molecule is Cc1c(NC(=O)c2noc(-c3ccc(OC(F)F)cc3Cl)c2Cl)c(=O)n(-c2ccccc2F)n1C. The Kier molecular flexibility index (Phi) is 6.64. The molecule has 0 aliphatic carbocycles. The van der Waals surface area contributed by atoms with Crippen molar-refractivity contribution in [3.05, 3.63) is 80.1 Å². The monoisotopic (exact) mass is 526 g/mol. The molecule has 13 heteroatoms. The van der Waals surface area contributed by atoms with Crippen LogP contribution >= 0.6 is 23.2 Å². The molecule has 0 unspecified atom stereocenters. The Hall–Kier alpha value is -3.70. The number of para-hydroxylation sites is 1. The lowest BCUT2D eigenvalue weighted by Gasteiger charge is -2.08. The second-order valence-electron chi connectivity index (χ2n) is 7.20. The van der Waals surface area contributed by atoms with Gasteiger partial charge in [-0.05, 0) is 37.3 Å². The van der Waals surface area contributed by atoms with Crippen LogP contribution in [0.4, 0.5) is 18.9 Å². The molecular weight excluding hydrogens is 512 g/mol. The van der Waals surface area contributed by atoms with Gasteiger partial charge in [0, 0.05) is 12.6 Å². The summed E-state index contributed by atoms with van der Waals surface area (Å²) in [6, 6.07) is 9.32. The average Bonchev–Trinajstić information content (AvgIpc) is 3.27. The van der Waals surface area contributed by atoms with E-state index in [9.17, 15) is 22.8 Å². The van der Waals surface area contributed by atoms with Crippen LogP contribution < -0.4 is 15.6 Å². The summed E-state index contributed by atoms with van der Waals surface area (Å²) in [5.74, 6) is -1.78. The van der Waals surface area contributed by atoms with Crippen molar-refractivity contribution in [2.24, 2.45) is 7.05 Å². The van der Waals surface area contributed by atoms with Gasteiger partial charge in [0.05, 0.1) is 10.7 Å². The molecule has 0 fully saturated rings. The highest BCUT2D eigenvalue weighted by Crippen LogP contribution is 2.37. The van der Waals surface area contributed by atoms with Crippen molar-refractivity contribution in [3.8, 4) is 22.8 Å². The van der Waals surface area contributed by atoms with Gasteiger partial charge in [0.1, 0.15) is 28.0 Å². The third kappa shape index (κ3) is 4.52. The lowest BCUT2D eigenvalue weighted by atomic mass is 10.1. The minimum absolute atomic E-state index is 0.000682. The molecule has 2 aromatic heterocycles. The topological polar surface area (TPSA) is 91.3 Å². The number of hydrogen-bond donors (Lipinski definition) is 1. The van der Waals surface area contributed by atoms with Gasteiger partial charge in [-0.3, -0.25) is 14.3 Å². The first-order valence-electron chi connectivity index (χ1n) is 9.85. The first kappa shape index (κ1) is 24.4. The van der Waals surface area contributed by atoms with Crippen LogP contribution in [0.25, 0.3) is 17.0 Å². The third-order valence-corrected chi connectivity index (χ3v) is 5.80. The zero-order valence-electron chi connectivity index (χ0n) is 18.0. The molecule has 1 N–H and O–H groups in total. The van der Waals surface area contributed by atoms with E-state index in [0.717, 1.165) is 10.7 Å². The van der Waals surface area contributed by atoms with E-state index in [4.69, 9.17) is 27.7 Å². The molecule has 4 rings (SSSR count). The number of rotatable bonds is 6. The molecular formula is C22H15Cl2F3N4O4. The Bertz CT molecular complexity index is 1500. The maximum atomic E-state index is 14.3. The van der Waals surface area contributed by atoms with E-state index >= 15 is 0 Å². The quantitative estimate of drug-likeness (QED) is 0.361. The predicted molar refractivity (Wildman–Crippen MR) is 122 cm³/mol. The summed E-state index contributed by atoms with van der Waals surface area (Å²) in [6.07, 6.45) is 0. The fraction of sp³-hybridized carbons (Fsp3) is 0.136. The van der Waals surface area contributed by atoms with Gasteiger partial charge >= 0.3 is 6.61 Å². The van der Waals surface area contributed by atoms with Crippen LogP contribution in [0.2, 0.25) is 10.0 Å². The average molecular weight is 527 g/mol. The first-order valence-corrected chi connectivity index (χ1v) is 10.6. The Labute approximate surface area is 205 Å². The number of anilines is 1. The molecule has 0 aliphatic rings. The number of aromatic nitrogens is 3. The number of ether oxygens (including phenoxy) is 1. The van der Waals surface area contributed by atoms with Gasteiger partial charge in [-0.15, -0.1) is 0 Å². The van der Waals surface area contributed by atoms with Crippen molar-refractivity contribution < 1.29 is 27.2 Å². The summed E-state index contributed by atoms with van der Waals surface area (Å²) in [7, 11) is 1.53. The standard InChI is InChI=1S/C22H15Cl2F3N4O4/c1-10-17(21(33)31(30(10)2)15-6-4-3-5-14(15)25)28-20(32)18-16(24)19(35-29-18)12-8-7-11(9-13(12)23)34-22(26)27/h3-9,22H,1-2H3,(H,28,32). The number of nitrogens with one attached hydrogen (secondary N) is 1. The molecule has 8 nitrogen and oxygen atoms in total. The number of hydrogen-bond acceptors (Lipinski definition) is 5. The van der Waals surface area contributed by atoms with Crippen molar-refractivity contribution in [3.63, 3.8) is 0 Å². The summed E-state index contributed by atoms with van der Waals surface area (Å²) >= 11 is 12.4. The largest absolute Gasteiger partial charge is 0.435 e. The molecule has 0 saturated carbocycles. The number of alkyl halides is 2. The molecule has 182 valence electrons. The van der Waals surface area contributed by atoms with Crippen LogP contribution in [-0.2, 0) is 7.05 Å². The van der Waals surface area contributed by atoms with Gasteiger partial charge in [0.2, 0.25) is 0 Å². The van der Waals surface area contributed by atoms with Crippen molar-refractivity contribution >= 4 is 34.8 Å². The van der Waals surface area contributed by atoms with Crippen molar-refractivity contribution in [1.82, 2.24) is 14.5 Å². The van der Waals surface area contributed by atoms with E-state index in [-0.39, 0.29) is 44.2 Å². The number of carbonyl (C=O) groups excluding carboxylic acids is 1. The molecule has 0 saturated heterocycles. The maximum Gasteiger partial charge on any atom is 0.387 e. The number of amides is 1. The Morgan fingerprint density at radius 2 is 1.91 bits per heavy atom. The van der Waals surface area contributed by atoms with Gasteiger partial charge in [-0.1, -0.05) is 40.5 Å². The van der Waals surface area contributed by atoms with Gasteiger partial charge in [0.15, 0.2) is 11.5 Å². The summed E-state index contributed by atoms with van der Waals surface area (Å²) in [5.41, 5.74) is -0.648. The summed E-state index contributed by atoms with van der Waals surface area (Å²) in [5, 5.41) is 5.83. The van der Waals surface area contributed by atoms with Crippen LogP contribution in [0.15, 0.2) is 51.8 Å². The minimum atomic E-state index is -3.04. The van der Waals surface area contributed by atoms with Crippen molar-refractivity contribution in [2.75, 3.05) is 5.32 Å². The fourth-order valence-electron chi connectivity index (χ4n) is 3.36. The number of carbonyl (C=O) groups is 1. The summed E-state index contributed by atoms with van der Waals surface area (Å²) in [4.78, 5) is 25.9.